The Bertz CT molecular complexity index is 910. The standard InChI is InChI=1S/C20H19N3O3/c1-20(16-8-3-2-4-9-16)18(25)23(19(26)21-20)22-17(24)15-11-10-13-6-5-7-14(13)12-15/h2-4,8-12H,5-7H2,1H3,(H,21,26)(H,22,24). The van der Waals surface area contributed by atoms with E-state index in [2.05, 4.69) is 10.7 Å². The first-order valence-corrected chi connectivity index (χ1v) is 8.64. The lowest BCUT2D eigenvalue weighted by molar-refractivity contribution is -0.132. The van der Waals surface area contributed by atoms with Crippen molar-refractivity contribution in [2.24, 2.45) is 0 Å². The maximum Gasteiger partial charge on any atom is 0.344 e. The van der Waals surface area contributed by atoms with Crippen molar-refractivity contribution in [3.05, 3.63) is 70.8 Å². The number of aryl methyl sites for hydroxylation is 2. The molecule has 1 saturated heterocycles. The summed E-state index contributed by atoms with van der Waals surface area (Å²) in [6.07, 6.45) is 3.06. The second-order valence-electron chi connectivity index (χ2n) is 6.84. The Hall–Kier alpha value is -3.15. The Kier molecular flexibility index (Phi) is 3.76. The summed E-state index contributed by atoms with van der Waals surface area (Å²) in [7, 11) is 0. The lowest BCUT2D eigenvalue weighted by Gasteiger charge is -2.22. The van der Waals surface area contributed by atoms with Crippen LogP contribution in [0.15, 0.2) is 48.5 Å². The molecule has 1 aliphatic heterocycles. The van der Waals surface area contributed by atoms with E-state index in [-0.39, 0.29) is 0 Å². The van der Waals surface area contributed by atoms with E-state index < -0.39 is 23.4 Å². The van der Waals surface area contributed by atoms with Crippen LogP contribution in [0.25, 0.3) is 0 Å². The van der Waals surface area contributed by atoms with Gasteiger partial charge in [-0.25, -0.2) is 4.79 Å². The van der Waals surface area contributed by atoms with E-state index in [1.807, 2.05) is 18.2 Å². The third-order valence-electron chi connectivity index (χ3n) is 5.12. The molecule has 1 atom stereocenters. The molecule has 2 aromatic rings. The van der Waals surface area contributed by atoms with Crippen LogP contribution in [0.2, 0.25) is 0 Å². The highest BCUT2D eigenvalue weighted by molar-refractivity contribution is 6.09. The van der Waals surface area contributed by atoms with Crippen LogP contribution in [0.3, 0.4) is 0 Å². The van der Waals surface area contributed by atoms with E-state index >= 15 is 0 Å². The summed E-state index contributed by atoms with van der Waals surface area (Å²) in [5.74, 6) is -0.983. The van der Waals surface area contributed by atoms with Gasteiger partial charge in [-0.15, -0.1) is 0 Å². The van der Waals surface area contributed by atoms with Gasteiger partial charge in [0, 0.05) is 5.56 Å². The van der Waals surface area contributed by atoms with Crippen LogP contribution in [0.4, 0.5) is 4.79 Å². The molecule has 0 aromatic heterocycles. The maximum atomic E-state index is 12.8. The van der Waals surface area contributed by atoms with Crippen LogP contribution < -0.4 is 10.7 Å². The van der Waals surface area contributed by atoms with Crippen molar-refractivity contribution in [2.45, 2.75) is 31.7 Å². The number of nitrogens with one attached hydrogen (secondary N) is 2. The first-order chi connectivity index (χ1) is 12.5. The zero-order valence-electron chi connectivity index (χ0n) is 14.4. The highest BCUT2D eigenvalue weighted by atomic mass is 16.2. The molecule has 0 saturated carbocycles. The number of imide groups is 1. The van der Waals surface area contributed by atoms with E-state index in [0.717, 1.165) is 29.8 Å². The molecule has 132 valence electrons. The summed E-state index contributed by atoms with van der Waals surface area (Å²) >= 11 is 0. The van der Waals surface area contributed by atoms with Crippen molar-refractivity contribution < 1.29 is 14.4 Å². The normalized spacial score (nSPS) is 21.5. The molecule has 0 bridgehead atoms. The number of benzene rings is 2. The maximum absolute atomic E-state index is 12.8. The Balaban J connectivity index is 1.56. The lowest BCUT2D eigenvalue weighted by atomic mass is 9.92. The number of hydrazine groups is 1. The van der Waals surface area contributed by atoms with Gasteiger partial charge in [0.05, 0.1) is 0 Å². The van der Waals surface area contributed by atoms with Crippen LogP contribution in [0, 0.1) is 0 Å². The fourth-order valence-corrected chi connectivity index (χ4v) is 3.59. The van der Waals surface area contributed by atoms with Gasteiger partial charge in [-0.3, -0.25) is 15.0 Å². The second-order valence-corrected chi connectivity index (χ2v) is 6.84. The van der Waals surface area contributed by atoms with Crippen LogP contribution in [0.5, 0.6) is 0 Å². The van der Waals surface area contributed by atoms with Crippen molar-refractivity contribution in [3.63, 3.8) is 0 Å². The molecule has 0 spiro atoms. The number of hydrogen-bond acceptors (Lipinski definition) is 3. The second kappa shape index (κ2) is 5.98. The number of hydrogen-bond donors (Lipinski definition) is 2. The Labute approximate surface area is 151 Å². The fraction of sp³-hybridized carbons (Fsp3) is 0.250. The summed E-state index contributed by atoms with van der Waals surface area (Å²) in [6.45, 7) is 1.63. The SMILES string of the molecule is CC1(c2ccccc2)NC(=O)N(NC(=O)c2ccc3c(c2)CCC3)C1=O. The van der Waals surface area contributed by atoms with Gasteiger partial charge in [-0.05, 0) is 55.0 Å². The van der Waals surface area contributed by atoms with Crippen molar-refractivity contribution in [1.29, 1.82) is 0 Å². The Morgan fingerprint density at radius 2 is 1.81 bits per heavy atom. The quantitative estimate of drug-likeness (QED) is 0.835. The van der Waals surface area contributed by atoms with Gasteiger partial charge in [-0.1, -0.05) is 36.4 Å². The van der Waals surface area contributed by atoms with Crippen molar-refractivity contribution >= 4 is 17.8 Å². The van der Waals surface area contributed by atoms with E-state index in [1.54, 1.807) is 37.3 Å². The molecule has 1 unspecified atom stereocenters. The summed E-state index contributed by atoms with van der Waals surface area (Å²) < 4.78 is 0. The topological polar surface area (TPSA) is 78.5 Å². The number of carbonyl (C=O) groups is 3. The monoisotopic (exact) mass is 349 g/mol. The number of amides is 4. The highest BCUT2D eigenvalue weighted by Crippen LogP contribution is 2.28. The minimum Gasteiger partial charge on any atom is -0.318 e. The zero-order chi connectivity index (χ0) is 18.3. The molecule has 1 heterocycles. The molecule has 2 aliphatic rings. The van der Waals surface area contributed by atoms with E-state index in [0.29, 0.717) is 11.1 Å². The van der Waals surface area contributed by atoms with Gasteiger partial charge >= 0.3 is 6.03 Å². The average molecular weight is 349 g/mol. The van der Waals surface area contributed by atoms with Gasteiger partial charge < -0.3 is 5.32 Å². The van der Waals surface area contributed by atoms with E-state index in [4.69, 9.17) is 0 Å². The minimum absolute atomic E-state index is 0.444. The summed E-state index contributed by atoms with van der Waals surface area (Å²) in [6, 6.07) is 13.8. The van der Waals surface area contributed by atoms with Crippen molar-refractivity contribution in [2.75, 3.05) is 0 Å². The van der Waals surface area contributed by atoms with E-state index in [1.165, 1.54) is 5.56 Å². The number of rotatable bonds is 3. The summed E-state index contributed by atoms with van der Waals surface area (Å²) in [5, 5.41) is 3.43. The molecule has 1 fully saturated rings. The molecule has 4 rings (SSSR count). The van der Waals surface area contributed by atoms with Gasteiger partial charge in [0.1, 0.15) is 5.54 Å². The lowest BCUT2D eigenvalue weighted by Crippen LogP contribution is -2.47. The molecule has 1 aliphatic carbocycles. The first kappa shape index (κ1) is 16.3. The molecule has 0 radical (unpaired) electrons. The van der Waals surface area contributed by atoms with Gasteiger partial charge in [0.2, 0.25) is 0 Å². The third kappa shape index (κ3) is 2.54. The third-order valence-corrected chi connectivity index (χ3v) is 5.12. The Morgan fingerprint density at radius 1 is 1.08 bits per heavy atom. The molecule has 4 amide bonds. The number of nitrogens with zero attached hydrogens (tertiary/aromatic N) is 1. The molecular weight excluding hydrogens is 330 g/mol. The molecular formula is C20H19N3O3. The molecule has 2 N–H and O–H groups in total. The molecule has 26 heavy (non-hydrogen) atoms. The number of urea groups is 1. The Morgan fingerprint density at radius 3 is 2.58 bits per heavy atom. The molecule has 2 aromatic carbocycles. The smallest absolute Gasteiger partial charge is 0.318 e. The summed E-state index contributed by atoms with van der Waals surface area (Å²) in [5.41, 5.74) is 4.76. The van der Waals surface area contributed by atoms with Crippen LogP contribution >= 0.6 is 0 Å². The molecule has 6 heteroatoms. The predicted octanol–water partition coefficient (Wildman–Crippen LogP) is 2.29. The highest BCUT2D eigenvalue weighted by Gasteiger charge is 2.50. The molecule has 6 nitrogen and oxygen atoms in total. The average Bonchev–Trinajstić information content (AvgIpc) is 3.20. The fourth-order valence-electron chi connectivity index (χ4n) is 3.59. The van der Waals surface area contributed by atoms with Crippen LogP contribution in [-0.4, -0.2) is 22.9 Å². The largest absolute Gasteiger partial charge is 0.344 e. The minimum atomic E-state index is -1.20. The number of carbonyl (C=O) groups excluding carboxylic acids is 3. The first-order valence-electron chi connectivity index (χ1n) is 8.64. The van der Waals surface area contributed by atoms with Gasteiger partial charge in [-0.2, -0.15) is 5.01 Å². The van der Waals surface area contributed by atoms with Crippen molar-refractivity contribution in [3.8, 4) is 0 Å². The van der Waals surface area contributed by atoms with Crippen LogP contribution in [-0.2, 0) is 23.2 Å². The van der Waals surface area contributed by atoms with Gasteiger partial charge in [0.25, 0.3) is 11.8 Å². The van der Waals surface area contributed by atoms with E-state index in [9.17, 15) is 14.4 Å². The van der Waals surface area contributed by atoms with Gasteiger partial charge in [0.15, 0.2) is 0 Å². The zero-order valence-corrected chi connectivity index (χ0v) is 14.4. The van der Waals surface area contributed by atoms with Crippen LogP contribution in [0.1, 0.15) is 40.4 Å². The summed E-state index contributed by atoms with van der Waals surface area (Å²) in [4.78, 5) is 37.7. The number of fused-ring (bicyclic) bond motifs is 1. The van der Waals surface area contributed by atoms with Crippen molar-refractivity contribution in [1.82, 2.24) is 15.8 Å². The predicted molar refractivity (Wildman–Crippen MR) is 95.1 cm³/mol.